The number of aromatic nitrogens is 2. The van der Waals surface area contributed by atoms with Crippen LogP contribution in [0.2, 0.25) is 0 Å². The van der Waals surface area contributed by atoms with Crippen molar-refractivity contribution in [2.75, 3.05) is 0 Å². The molecule has 0 saturated carbocycles. The third-order valence-corrected chi connectivity index (χ3v) is 3.08. The van der Waals surface area contributed by atoms with Crippen LogP contribution in [0, 0.1) is 0 Å². The van der Waals surface area contributed by atoms with Gasteiger partial charge in [-0.3, -0.25) is 4.79 Å². The highest BCUT2D eigenvalue weighted by Crippen LogP contribution is 2.13. The molecular weight excluding hydrogens is 240 g/mol. The summed E-state index contributed by atoms with van der Waals surface area (Å²) >= 11 is 1.65. The van der Waals surface area contributed by atoms with Gasteiger partial charge < -0.3 is 9.63 Å². The first kappa shape index (κ1) is 11.8. The van der Waals surface area contributed by atoms with Crippen LogP contribution in [0.3, 0.4) is 0 Å². The van der Waals surface area contributed by atoms with Crippen LogP contribution in [-0.4, -0.2) is 21.2 Å². The van der Waals surface area contributed by atoms with Crippen molar-refractivity contribution in [2.24, 2.45) is 0 Å². The number of aliphatic carboxylic acids is 1. The fraction of sp³-hybridized carbons (Fsp3) is 0.364. The largest absolute Gasteiger partial charge is 0.481 e. The molecule has 90 valence electrons. The van der Waals surface area contributed by atoms with Gasteiger partial charge in [0.05, 0.1) is 0 Å². The molecule has 2 heterocycles. The second-order valence-electron chi connectivity index (χ2n) is 3.61. The first-order valence-corrected chi connectivity index (χ1v) is 6.17. The van der Waals surface area contributed by atoms with E-state index < -0.39 is 5.97 Å². The maximum absolute atomic E-state index is 10.3. The average Bonchev–Trinajstić information content (AvgIpc) is 2.90. The summed E-state index contributed by atoms with van der Waals surface area (Å²) in [6, 6.07) is 4.00. The summed E-state index contributed by atoms with van der Waals surface area (Å²) in [5, 5.41) is 14.4. The minimum atomic E-state index is -0.802. The SMILES string of the molecule is O=C(O)CCCc1nc(Cc2cccs2)no1. The van der Waals surface area contributed by atoms with E-state index in [4.69, 9.17) is 9.63 Å². The number of carbonyl (C=O) groups is 1. The fourth-order valence-corrected chi connectivity index (χ4v) is 2.12. The molecule has 0 aliphatic heterocycles. The Bertz CT molecular complexity index is 479. The van der Waals surface area contributed by atoms with Gasteiger partial charge in [-0.15, -0.1) is 11.3 Å². The lowest BCUT2D eigenvalue weighted by atomic mass is 10.2. The molecule has 0 saturated heterocycles. The Kier molecular flexibility index (Phi) is 3.87. The minimum Gasteiger partial charge on any atom is -0.481 e. The molecule has 1 N–H and O–H groups in total. The average molecular weight is 252 g/mol. The summed E-state index contributed by atoms with van der Waals surface area (Å²) < 4.78 is 5.05. The van der Waals surface area contributed by atoms with Crippen LogP contribution in [0.1, 0.15) is 29.4 Å². The molecule has 0 aliphatic carbocycles. The van der Waals surface area contributed by atoms with Crippen molar-refractivity contribution in [3.63, 3.8) is 0 Å². The molecule has 6 heteroatoms. The topological polar surface area (TPSA) is 76.2 Å². The second kappa shape index (κ2) is 5.58. The second-order valence-corrected chi connectivity index (χ2v) is 4.64. The van der Waals surface area contributed by atoms with Crippen molar-refractivity contribution in [1.29, 1.82) is 0 Å². The van der Waals surface area contributed by atoms with Crippen molar-refractivity contribution < 1.29 is 14.4 Å². The third kappa shape index (κ3) is 3.67. The van der Waals surface area contributed by atoms with E-state index in [0.717, 1.165) is 0 Å². The van der Waals surface area contributed by atoms with Crippen LogP contribution in [-0.2, 0) is 17.6 Å². The van der Waals surface area contributed by atoms with Crippen LogP contribution in [0.25, 0.3) is 0 Å². The number of carboxylic acids is 1. The van der Waals surface area contributed by atoms with Gasteiger partial charge in [0.25, 0.3) is 0 Å². The van der Waals surface area contributed by atoms with Gasteiger partial charge in [0.2, 0.25) is 5.89 Å². The quantitative estimate of drug-likeness (QED) is 0.852. The molecule has 17 heavy (non-hydrogen) atoms. The maximum atomic E-state index is 10.3. The van der Waals surface area contributed by atoms with E-state index in [-0.39, 0.29) is 6.42 Å². The molecule has 0 unspecified atom stereocenters. The van der Waals surface area contributed by atoms with E-state index in [1.54, 1.807) is 11.3 Å². The lowest BCUT2D eigenvalue weighted by Gasteiger charge is -1.90. The summed E-state index contributed by atoms with van der Waals surface area (Å²) in [5.41, 5.74) is 0. The van der Waals surface area contributed by atoms with Gasteiger partial charge in [0, 0.05) is 24.1 Å². The van der Waals surface area contributed by atoms with Crippen molar-refractivity contribution in [1.82, 2.24) is 10.1 Å². The zero-order chi connectivity index (χ0) is 12.1. The Morgan fingerprint density at radius 2 is 2.41 bits per heavy atom. The zero-order valence-corrected chi connectivity index (χ0v) is 9.94. The highest BCUT2D eigenvalue weighted by atomic mass is 32.1. The van der Waals surface area contributed by atoms with E-state index in [1.165, 1.54) is 4.88 Å². The van der Waals surface area contributed by atoms with Crippen molar-refractivity contribution in [3.05, 3.63) is 34.1 Å². The van der Waals surface area contributed by atoms with Gasteiger partial charge in [0.1, 0.15) is 0 Å². The molecule has 0 bridgehead atoms. The fourth-order valence-electron chi connectivity index (χ4n) is 1.42. The van der Waals surface area contributed by atoms with Gasteiger partial charge in [-0.25, -0.2) is 0 Å². The van der Waals surface area contributed by atoms with Gasteiger partial charge in [-0.2, -0.15) is 4.98 Å². The number of nitrogens with zero attached hydrogens (tertiary/aromatic N) is 2. The summed E-state index contributed by atoms with van der Waals surface area (Å²) in [4.78, 5) is 15.7. The molecule has 2 aromatic heterocycles. The number of rotatable bonds is 6. The molecule has 0 spiro atoms. The number of aryl methyl sites for hydroxylation is 1. The number of thiophene rings is 1. The molecule has 0 radical (unpaired) electrons. The predicted octanol–water partition coefficient (Wildman–Crippen LogP) is 2.13. The first-order valence-electron chi connectivity index (χ1n) is 5.29. The van der Waals surface area contributed by atoms with Crippen LogP contribution in [0.15, 0.2) is 22.0 Å². The number of hydrogen-bond donors (Lipinski definition) is 1. The normalized spacial score (nSPS) is 10.6. The summed E-state index contributed by atoms with van der Waals surface area (Å²) in [6.45, 7) is 0. The Balaban J connectivity index is 1.85. The van der Waals surface area contributed by atoms with Gasteiger partial charge >= 0.3 is 5.97 Å². The first-order chi connectivity index (χ1) is 8.24. The van der Waals surface area contributed by atoms with E-state index in [0.29, 0.717) is 31.0 Å². The number of hydrogen-bond acceptors (Lipinski definition) is 5. The van der Waals surface area contributed by atoms with Gasteiger partial charge in [0.15, 0.2) is 5.82 Å². The molecule has 2 aromatic rings. The third-order valence-electron chi connectivity index (χ3n) is 2.20. The molecule has 2 rings (SSSR count). The van der Waals surface area contributed by atoms with Crippen molar-refractivity contribution in [3.8, 4) is 0 Å². The standard InChI is InChI=1S/C11H12N2O3S/c14-11(15)5-1-4-10-12-9(13-16-10)7-8-3-2-6-17-8/h2-3,6H,1,4-5,7H2,(H,14,15). The lowest BCUT2D eigenvalue weighted by molar-refractivity contribution is -0.137. The highest BCUT2D eigenvalue weighted by molar-refractivity contribution is 7.09. The smallest absolute Gasteiger partial charge is 0.303 e. The van der Waals surface area contributed by atoms with Crippen LogP contribution in [0.4, 0.5) is 0 Å². The van der Waals surface area contributed by atoms with Gasteiger partial charge in [-0.1, -0.05) is 11.2 Å². The maximum Gasteiger partial charge on any atom is 0.303 e. The van der Waals surface area contributed by atoms with Crippen molar-refractivity contribution >= 4 is 17.3 Å². The van der Waals surface area contributed by atoms with Gasteiger partial charge in [-0.05, 0) is 17.9 Å². The zero-order valence-electron chi connectivity index (χ0n) is 9.13. The van der Waals surface area contributed by atoms with E-state index in [2.05, 4.69) is 10.1 Å². The van der Waals surface area contributed by atoms with E-state index in [9.17, 15) is 4.79 Å². The molecule has 0 atom stereocenters. The monoisotopic (exact) mass is 252 g/mol. The Morgan fingerprint density at radius 1 is 1.53 bits per heavy atom. The van der Waals surface area contributed by atoms with Crippen LogP contribution in [0.5, 0.6) is 0 Å². The van der Waals surface area contributed by atoms with Crippen molar-refractivity contribution in [2.45, 2.75) is 25.7 Å². The Hall–Kier alpha value is -1.69. The lowest BCUT2D eigenvalue weighted by Crippen LogP contribution is -1.96. The summed E-state index contributed by atoms with van der Waals surface area (Å²) in [5.74, 6) is 0.360. The predicted molar refractivity (Wildman–Crippen MR) is 62.0 cm³/mol. The number of carboxylic acid groups (broad SMARTS) is 1. The molecular formula is C11H12N2O3S. The summed E-state index contributed by atoms with van der Waals surface area (Å²) in [6.07, 6.45) is 1.84. The highest BCUT2D eigenvalue weighted by Gasteiger charge is 2.08. The molecule has 0 fully saturated rings. The summed E-state index contributed by atoms with van der Waals surface area (Å²) in [7, 11) is 0. The Labute approximate surface area is 102 Å². The molecule has 0 aliphatic rings. The Morgan fingerprint density at radius 3 is 3.12 bits per heavy atom. The molecule has 0 amide bonds. The molecule has 5 nitrogen and oxygen atoms in total. The van der Waals surface area contributed by atoms with Crippen LogP contribution >= 0.6 is 11.3 Å². The van der Waals surface area contributed by atoms with Crippen LogP contribution < -0.4 is 0 Å². The minimum absolute atomic E-state index is 0.128. The van der Waals surface area contributed by atoms with E-state index >= 15 is 0 Å². The molecule has 0 aromatic carbocycles. The van der Waals surface area contributed by atoms with E-state index in [1.807, 2.05) is 17.5 Å².